The molecule has 4 aromatic rings. The number of hydrogen-bond acceptors (Lipinski definition) is 9. The Bertz CT molecular complexity index is 1340. The summed E-state index contributed by atoms with van der Waals surface area (Å²) in [5.41, 5.74) is 1.22. The van der Waals surface area contributed by atoms with Crippen LogP contribution in [-0.2, 0) is 13.1 Å². The first-order valence-electron chi connectivity index (χ1n) is 9.15. The Morgan fingerprint density at radius 2 is 2.19 bits per heavy atom. The van der Waals surface area contributed by atoms with Crippen LogP contribution in [0.5, 0.6) is 0 Å². The van der Waals surface area contributed by atoms with Gasteiger partial charge in [-0.2, -0.15) is 5.10 Å². The van der Waals surface area contributed by atoms with E-state index in [0.717, 1.165) is 11.5 Å². The topological polar surface area (TPSA) is 151 Å². The maximum Gasteiger partial charge on any atom is 0.269 e. The van der Waals surface area contributed by atoms with E-state index in [1.54, 1.807) is 19.1 Å². The fourth-order valence-corrected chi connectivity index (χ4v) is 3.61. The third-order valence-corrected chi connectivity index (χ3v) is 5.39. The van der Waals surface area contributed by atoms with Crippen molar-refractivity contribution < 1.29 is 9.72 Å². The van der Waals surface area contributed by atoms with Gasteiger partial charge in [-0.1, -0.05) is 16.6 Å². The molecule has 1 amide bonds. The number of amides is 1. The lowest BCUT2D eigenvalue weighted by atomic mass is 10.2. The molecule has 0 bridgehead atoms. The van der Waals surface area contributed by atoms with E-state index in [-0.39, 0.29) is 30.2 Å². The molecule has 0 unspecified atom stereocenters. The van der Waals surface area contributed by atoms with Crippen LogP contribution in [0.2, 0.25) is 0 Å². The van der Waals surface area contributed by atoms with E-state index < -0.39 is 4.92 Å². The molecule has 158 valence electrons. The fourth-order valence-electron chi connectivity index (χ4n) is 3.03. The summed E-state index contributed by atoms with van der Waals surface area (Å²) < 4.78 is 6.64. The van der Waals surface area contributed by atoms with Crippen LogP contribution in [0.3, 0.4) is 0 Å². The zero-order valence-corrected chi connectivity index (χ0v) is 17.1. The van der Waals surface area contributed by atoms with Crippen LogP contribution in [0.15, 0.2) is 41.6 Å². The van der Waals surface area contributed by atoms with Crippen molar-refractivity contribution in [3.8, 4) is 0 Å². The van der Waals surface area contributed by atoms with Crippen molar-refractivity contribution in [3.05, 3.63) is 73.4 Å². The SMILES string of the molecule is Cc1nnsc1C(=O)NCCn1ncc2c(=O)n(Cc3cccc([N+](=O)[O-])c3)cnc21. The molecule has 0 aliphatic carbocycles. The van der Waals surface area contributed by atoms with Crippen molar-refractivity contribution in [2.45, 2.75) is 20.0 Å². The molecule has 3 heterocycles. The van der Waals surface area contributed by atoms with Crippen LogP contribution < -0.4 is 10.9 Å². The number of nitro benzene ring substituents is 1. The lowest BCUT2D eigenvalue weighted by Crippen LogP contribution is -2.27. The van der Waals surface area contributed by atoms with Crippen molar-refractivity contribution >= 4 is 34.2 Å². The lowest BCUT2D eigenvalue weighted by Gasteiger charge is -2.07. The van der Waals surface area contributed by atoms with Crippen LogP contribution in [0.1, 0.15) is 20.9 Å². The van der Waals surface area contributed by atoms with Gasteiger partial charge in [-0.3, -0.25) is 24.3 Å². The molecule has 0 saturated carbocycles. The van der Waals surface area contributed by atoms with E-state index in [1.807, 2.05) is 0 Å². The molecule has 0 fully saturated rings. The summed E-state index contributed by atoms with van der Waals surface area (Å²) >= 11 is 1.03. The van der Waals surface area contributed by atoms with Crippen LogP contribution in [0.4, 0.5) is 5.69 Å². The summed E-state index contributed by atoms with van der Waals surface area (Å²) in [7, 11) is 0. The summed E-state index contributed by atoms with van der Waals surface area (Å²) in [6, 6.07) is 6.09. The summed E-state index contributed by atoms with van der Waals surface area (Å²) in [5, 5.41) is 22.0. The van der Waals surface area contributed by atoms with Gasteiger partial charge < -0.3 is 5.32 Å². The maximum absolute atomic E-state index is 12.8. The van der Waals surface area contributed by atoms with Crippen LogP contribution >= 0.6 is 11.5 Å². The van der Waals surface area contributed by atoms with Crippen molar-refractivity contribution in [2.75, 3.05) is 6.54 Å². The van der Waals surface area contributed by atoms with Gasteiger partial charge in [0.1, 0.15) is 16.6 Å². The smallest absolute Gasteiger partial charge is 0.269 e. The largest absolute Gasteiger partial charge is 0.349 e. The number of nitrogens with zero attached hydrogens (tertiary/aromatic N) is 7. The second kappa shape index (κ2) is 8.39. The highest BCUT2D eigenvalue weighted by Crippen LogP contribution is 2.14. The van der Waals surface area contributed by atoms with E-state index >= 15 is 0 Å². The number of hydrogen-bond donors (Lipinski definition) is 1. The highest BCUT2D eigenvalue weighted by atomic mass is 32.1. The number of nitrogens with one attached hydrogen (secondary N) is 1. The van der Waals surface area contributed by atoms with Gasteiger partial charge in [0.05, 0.1) is 29.9 Å². The van der Waals surface area contributed by atoms with Crippen molar-refractivity contribution in [1.82, 2.24) is 34.2 Å². The molecule has 31 heavy (non-hydrogen) atoms. The van der Waals surface area contributed by atoms with E-state index in [2.05, 4.69) is 25.0 Å². The molecule has 3 aromatic heterocycles. The molecule has 0 aliphatic rings. The quantitative estimate of drug-likeness (QED) is 0.332. The summed E-state index contributed by atoms with van der Waals surface area (Å²) in [4.78, 5) is 40.2. The molecule has 1 N–H and O–H groups in total. The van der Waals surface area contributed by atoms with Gasteiger partial charge >= 0.3 is 0 Å². The molecule has 0 radical (unpaired) electrons. The Balaban J connectivity index is 1.48. The van der Waals surface area contributed by atoms with Gasteiger partial charge in [-0.25, -0.2) is 9.67 Å². The molecule has 4 rings (SSSR count). The number of non-ortho nitro benzene ring substituents is 1. The Hall–Kier alpha value is -4.00. The van der Waals surface area contributed by atoms with Gasteiger partial charge in [0.2, 0.25) is 0 Å². The minimum atomic E-state index is -0.483. The number of carbonyl (C=O) groups excluding carboxylic acids is 1. The average Bonchev–Trinajstić information content (AvgIpc) is 3.37. The van der Waals surface area contributed by atoms with E-state index in [0.29, 0.717) is 33.7 Å². The van der Waals surface area contributed by atoms with Gasteiger partial charge in [0, 0.05) is 18.7 Å². The third-order valence-electron chi connectivity index (χ3n) is 4.56. The molecular weight excluding hydrogens is 424 g/mol. The van der Waals surface area contributed by atoms with Gasteiger partial charge in [-0.15, -0.1) is 5.10 Å². The van der Waals surface area contributed by atoms with Crippen molar-refractivity contribution in [1.29, 1.82) is 0 Å². The molecule has 0 aliphatic heterocycles. The van der Waals surface area contributed by atoms with Crippen LogP contribution in [0, 0.1) is 17.0 Å². The second-order valence-corrected chi connectivity index (χ2v) is 7.41. The minimum Gasteiger partial charge on any atom is -0.349 e. The first-order valence-corrected chi connectivity index (χ1v) is 9.93. The summed E-state index contributed by atoms with van der Waals surface area (Å²) in [5.74, 6) is -0.267. The standard InChI is InChI=1S/C18H16N8O4S/c1-11-15(31-23-22-11)17(27)19-5-6-25-16-14(8-21-25)18(28)24(10-20-16)9-12-3-2-4-13(7-12)26(29)30/h2-4,7-8,10H,5-6,9H2,1H3,(H,19,27). The monoisotopic (exact) mass is 440 g/mol. The Morgan fingerprint density at radius 1 is 1.35 bits per heavy atom. The fraction of sp³-hybridized carbons (Fsp3) is 0.222. The molecule has 0 atom stereocenters. The number of fused-ring (bicyclic) bond motifs is 1. The predicted molar refractivity (Wildman–Crippen MR) is 111 cm³/mol. The van der Waals surface area contributed by atoms with E-state index in [4.69, 9.17) is 0 Å². The zero-order valence-electron chi connectivity index (χ0n) is 16.3. The highest BCUT2D eigenvalue weighted by molar-refractivity contribution is 7.07. The number of benzene rings is 1. The number of aryl methyl sites for hydroxylation is 1. The number of rotatable bonds is 7. The lowest BCUT2D eigenvalue weighted by molar-refractivity contribution is -0.384. The predicted octanol–water partition coefficient (Wildman–Crippen LogP) is 1.14. The molecule has 0 saturated heterocycles. The Morgan fingerprint density at radius 3 is 2.94 bits per heavy atom. The molecule has 0 spiro atoms. The summed E-state index contributed by atoms with van der Waals surface area (Å²) in [6.07, 6.45) is 2.81. The number of aromatic nitrogens is 6. The van der Waals surface area contributed by atoms with Gasteiger partial charge in [-0.05, 0) is 24.0 Å². The third kappa shape index (κ3) is 4.16. The molecule has 1 aromatic carbocycles. The molecule has 12 nitrogen and oxygen atoms in total. The maximum atomic E-state index is 12.8. The average molecular weight is 440 g/mol. The second-order valence-electron chi connectivity index (χ2n) is 6.65. The minimum absolute atomic E-state index is 0.0428. The van der Waals surface area contributed by atoms with E-state index in [9.17, 15) is 19.7 Å². The first kappa shape index (κ1) is 20.3. The zero-order chi connectivity index (χ0) is 22.0. The molecule has 13 heteroatoms. The number of nitro groups is 1. The highest BCUT2D eigenvalue weighted by Gasteiger charge is 2.14. The van der Waals surface area contributed by atoms with E-state index in [1.165, 1.54) is 33.9 Å². The normalized spacial score (nSPS) is 11.0. The Kier molecular flexibility index (Phi) is 5.49. The first-order chi connectivity index (χ1) is 14.9. The van der Waals surface area contributed by atoms with Gasteiger partial charge in [0.25, 0.3) is 17.2 Å². The van der Waals surface area contributed by atoms with Gasteiger partial charge in [0.15, 0.2) is 5.65 Å². The Labute approximate surface area is 178 Å². The summed E-state index contributed by atoms with van der Waals surface area (Å²) in [6.45, 7) is 2.46. The van der Waals surface area contributed by atoms with Crippen LogP contribution in [0.25, 0.3) is 11.0 Å². The molecular formula is C18H16N8O4S. The van der Waals surface area contributed by atoms with Crippen LogP contribution in [-0.4, -0.2) is 46.3 Å². The number of carbonyl (C=O) groups is 1. The van der Waals surface area contributed by atoms with Crippen molar-refractivity contribution in [2.24, 2.45) is 0 Å². The van der Waals surface area contributed by atoms with Crippen molar-refractivity contribution in [3.63, 3.8) is 0 Å².